The van der Waals surface area contributed by atoms with E-state index in [1.54, 1.807) is 7.11 Å². The van der Waals surface area contributed by atoms with Crippen LogP contribution in [0.25, 0.3) is 0 Å². The maximum atomic E-state index is 12.3. The molecule has 7 nitrogen and oxygen atoms in total. The van der Waals surface area contributed by atoms with Crippen molar-refractivity contribution in [2.24, 2.45) is 0 Å². The van der Waals surface area contributed by atoms with E-state index in [2.05, 4.69) is 31.4 Å². The predicted molar refractivity (Wildman–Crippen MR) is 130 cm³/mol. The number of hydrogen-bond acceptors (Lipinski definition) is 7. The molecule has 0 spiro atoms. The van der Waals surface area contributed by atoms with Gasteiger partial charge in [-0.25, -0.2) is 0 Å². The normalized spacial score (nSPS) is 13.7. The van der Waals surface area contributed by atoms with Crippen LogP contribution in [0.4, 0.5) is 17.2 Å². The van der Waals surface area contributed by atoms with E-state index in [1.165, 1.54) is 11.8 Å². The highest BCUT2D eigenvalue weighted by atomic mass is 35.5. The van der Waals surface area contributed by atoms with Gasteiger partial charge in [-0.2, -0.15) is 0 Å². The van der Waals surface area contributed by atoms with E-state index in [1.807, 2.05) is 54.6 Å². The zero-order chi connectivity index (χ0) is 22.3. The molecular weight excluding hydrogens is 446 g/mol. The van der Waals surface area contributed by atoms with E-state index in [9.17, 15) is 4.79 Å². The van der Waals surface area contributed by atoms with Crippen molar-refractivity contribution in [1.29, 1.82) is 0 Å². The number of carbonyl (C=O) groups excluding carboxylic acids is 1. The molecule has 0 atom stereocenters. The molecule has 32 heavy (non-hydrogen) atoms. The summed E-state index contributed by atoms with van der Waals surface area (Å²) in [6, 6.07) is 19.1. The topological polar surface area (TPSA) is 70.6 Å². The van der Waals surface area contributed by atoms with Crippen LogP contribution in [0, 0.1) is 0 Å². The third-order valence-electron chi connectivity index (χ3n) is 5.14. The Morgan fingerprint density at radius 2 is 1.81 bits per heavy atom. The van der Waals surface area contributed by atoms with Crippen LogP contribution in [-0.4, -0.2) is 55.1 Å². The fraction of sp³-hybridized carbons (Fsp3) is 0.261. The van der Waals surface area contributed by atoms with E-state index in [4.69, 9.17) is 16.3 Å². The van der Waals surface area contributed by atoms with Crippen molar-refractivity contribution in [1.82, 2.24) is 10.2 Å². The molecule has 166 valence electrons. The standard InChI is InChI=1S/C23H24ClN5O2S/c1-31-20-8-3-2-7-19(20)25-22(30)16-32-23-10-9-21(26-27-23)29-13-11-28(12-14-29)18-6-4-5-17(24)15-18/h2-10,15H,11-14,16H2,1H3,(H,25,30). The molecule has 4 rings (SSSR count). The number of carbonyl (C=O) groups is 1. The van der Waals surface area contributed by atoms with Gasteiger partial charge in [0.25, 0.3) is 0 Å². The maximum absolute atomic E-state index is 12.3. The molecule has 1 aromatic heterocycles. The number of ether oxygens (including phenoxy) is 1. The van der Waals surface area contributed by atoms with Crippen LogP contribution in [0.3, 0.4) is 0 Å². The fourth-order valence-corrected chi connectivity index (χ4v) is 4.30. The number of aromatic nitrogens is 2. The van der Waals surface area contributed by atoms with Gasteiger partial charge >= 0.3 is 0 Å². The summed E-state index contributed by atoms with van der Waals surface area (Å²) < 4.78 is 5.26. The Bertz CT molecular complexity index is 1060. The number of amides is 1. The lowest BCUT2D eigenvalue weighted by Gasteiger charge is -2.36. The molecule has 3 aromatic rings. The summed E-state index contributed by atoms with van der Waals surface area (Å²) in [6.45, 7) is 3.49. The largest absolute Gasteiger partial charge is 0.495 e. The fourth-order valence-electron chi connectivity index (χ4n) is 3.50. The highest BCUT2D eigenvalue weighted by Gasteiger charge is 2.19. The number of halogens is 1. The Balaban J connectivity index is 1.27. The summed E-state index contributed by atoms with van der Waals surface area (Å²) in [5, 5.41) is 13.0. The quantitative estimate of drug-likeness (QED) is 0.520. The van der Waals surface area contributed by atoms with Crippen LogP contribution in [0.5, 0.6) is 5.75 Å². The second-order valence-corrected chi connectivity index (χ2v) is 8.65. The average Bonchev–Trinajstić information content (AvgIpc) is 2.83. The maximum Gasteiger partial charge on any atom is 0.234 e. The van der Waals surface area contributed by atoms with E-state index < -0.39 is 0 Å². The lowest BCUT2D eigenvalue weighted by Crippen LogP contribution is -2.46. The first-order chi connectivity index (χ1) is 15.6. The van der Waals surface area contributed by atoms with Gasteiger partial charge in [-0.15, -0.1) is 10.2 Å². The Labute approximate surface area is 196 Å². The van der Waals surface area contributed by atoms with Gasteiger partial charge < -0.3 is 19.9 Å². The van der Waals surface area contributed by atoms with Crippen LogP contribution in [0.2, 0.25) is 5.02 Å². The van der Waals surface area contributed by atoms with Crippen molar-refractivity contribution in [2.75, 3.05) is 54.2 Å². The molecule has 1 saturated heterocycles. The third-order valence-corrected chi connectivity index (χ3v) is 6.29. The smallest absolute Gasteiger partial charge is 0.234 e. The van der Waals surface area contributed by atoms with Crippen molar-refractivity contribution in [3.05, 3.63) is 65.7 Å². The van der Waals surface area contributed by atoms with Gasteiger partial charge in [0.2, 0.25) is 5.91 Å². The van der Waals surface area contributed by atoms with Crippen molar-refractivity contribution < 1.29 is 9.53 Å². The molecule has 0 bridgehead atoms. The molecule has 2 heterocycles. The summed E-state index contributed by atoms with van der Waals surface area (Å²) in [7, 11) is 1.58. The lowest BCUT2D eigenvalue weighted by atomic mass is 10.2. The number of para-hydroxylation sites is 2. The minimum Gasteiger partial charge on any atom is -0.495 e. The molecule has 2 aromatic carbocycles. The van der Waals surface area contributed by atoms with Gasteiger partial charge in [0.1, 0.15) is 10.8 Å². The molecule has 0 saturated carbocycles. The molecule has 1 N–H and O–H groups in total. The third kappa shape index (κ3) is 5.63. The van der Waals surface area contributed by atoms with Gasteiger partial charge in [0.05, 0.1) is 18.6 Å². The zero-order valence-electron chi connectivity index (χ0n) is 17.7. The Morgan fingerprint density at radius 3 is 2.53 bits per heavy atom. The number of thioether (sulfide) groups is 1. The van der Waals surface area contributed by atoms with E-state index >= 15 is 0 Å². The minimum absolute atomic E-state index is 0.123. The monoisotopic (exact) mass is 469 g/mol. The second-order valence-electron chi connectivity index (χ2n) is 7.22. The summed E-state index contributed by atoms with van der Waals surface area (Å²) in [5.74, 6) is 1.59. The van der Waals surface area contributed by atoms with E-state index in [0.717, 1.165) is 42.7 Å². The number of piperazine rings is 1. The number of anilines is 3. The van der Waals surface area contributed by atoms with Gasteiger partial charge in [0, 0.05) is 36.9 Å². The first-order valence-electron chi connectivity index (χ1n) is 10.3. The van der Waals surface area contributed by atoms with Crippen molar-refractivity contribution in [2.45, 2.75) is 5.03 Å². The number of rotatable bonds is 7. The first kappa shape index (κ1) is 22.2. The van der Waals surface area contributed by atoms with Gasteiger partial charge in [-0.05, 0) is 42.5 Å². The van der Waals surface area contributed by atoms with E-state index in [-0.39, 0.29) is 11.7 Å². The Morgan fingerprint density at radius 1 is 1.03 bits per heavy atom. The molecule has 0 aliphatic carbocycles. The minimum atomic E-state index is -0.123. The van der Waals surface area contributed by atoms with Crippen LogP contribution in [0.15, 0.2) is 65.7 Å². The highest BCUT2D eigenvalue weighted by Crippen LogP contribution is 2.25. The van der Waals surface area contributed by atoms with Crippen LogP contribution in [-0.2, 0) is 4.79 Å². The van der Waals surface area contributed by atoms with Gasteiger partial charge in [0.15, 0.2) is 5.82 Å². The SMILES string of the molecule is COc1ccccc1NC(=O)CSc1ccc(N2CCN(c3cccc(Cl)c3)CC2)nn1. The first-order valence-corrected chi connectivity index (χ1v) is 11.6. The Hall–Kier alpha value is -2.97. The summed E-state index contributed by atoms with van der Waals surface area (Å²) in [4.78, 5) is 16.8. The average molecular weight is 470 g/mol. The number of nitrogens with zero attached hydrogens (tertiary/aromatic N) is 4. The number of methoxy groups -OCH3 is 1. The van der Waals surface area contributed by atoms with E-state index in [0.29, 0.717) is 16.5 Å². The van der Waals surface area contributed by atoms with Gasteiger partial charge in [-0.1, -0.05) is 41.6 Å². The van der Waals surface area contributed by atoms with Crippen LogP contribution < -0.4 is 19.9 Å². The molecule has 1 aliphatic rings. The van der Waals surface area contributed by atoms with Crippen molar-refractivity contribution in [3.8, 4) is 5.75 Å². The predicted octanol–water partition coefficient (Wildman–Crippen LogP) is 4.20. The summed E-state index contributed by atoms with van der Waals surface area (Å²) in [6.07, 6.45) is 0. The molecule has 1 aliphatic heterocycles. The molecule has 1 amide bonds. The number of nitrogens with one attached hydrogen (secondary N) is 1. The van der Waals surface area contributed by atoms with Crippen LogP contribution in [0.1, 0.15) is 0 Å². The molecule has 9 heteroatoms. The van der Waals surface area contributed by atoms with Crippen molar-refractivity contribution >= 4 is 46.5 Å². The Kier molecular flexibility index (Phi) is 7.34. The van der Waals surface area contributed by atoms with Crippen LogP contribution >= 0.6 is 23.4 Å². The number of benzene rings is 2. The summed E-state index contributed by atoms with van der Waals surface area (Å²) >= 11 is 7.46. The lowest BCUT2D eigenvalue weighted by molar-refractivity contribution is -0.113. The summed E-state index contributed by atoms with van der Waals surface area (Å²) in [5.41, 5.74) is 1.79. The molecule has 1 fully saturated rings. The van der Waals surface area contributed by atoms with Gasteiger partial charge in [-0.3, -0.25) is 4.79 Å². The molecule has 0 unspecified atom stereocenters. The second kappa shape index (κ2) is 10.6. The number of hydrogen-bond donors (Lipinski definition) is 1. The highest BCUT2D eigenvalue weighted by molar-refractivity contribution is 7.99. The molecule has 0 radical (unpaired) electrons. The van der Waals surface area contributed by atoms with Crippen molar-refractivity contribution in [3.63, 3.8) is 0 Å². The zero-order valence-corrected chi connectivity index (χ0v) is 19.3. The molecular formula is C23H24ClN5O2S.